The summed E-state index contributed by atoms with van der Waals surface area (Å²) >= 11 is 0. The number of imidazole rings is 1. The molecule has 4 aromatic heterocycles. The Morgan fingerprint density at radius 1 is 1.14 bits per heavy atom. The molecule has 1 unspecified atom stereocenters. The van der Waals surface area contributed by atoms with Gasteiger partial charge in [-0.3, -0.25) is 4.79 Å². The van der Waals surface area contributed by atoms with E-state index in [-0.39, 0.29) is 17.3 Å². The summed E-state index contributed by atoms with van der Waals surface area (Å²) in [4.78, 5) is 31.1. The van der Waals surface area contributed by atoms with E-state index in [1.807, 2.05) is 4.90 Å². The SMILES string of the molecule is O=C(Nc1ccc(O)cc1)c1cnc(N2CCc3[nH]cnc3C2c2cc3c(F)cccn3n2)cn1. The van der Waals surface area contributed by atoms with Crippen LogP contribution in [0.4, 0.5) is 15.9 Å². The van der Waals surface area contributed by atoms with Crippen molar-refractivity contribution in [1.82, 2.24) is 29.5 Å². The summed E-state index contributed by atoms with van der Waals surface area (Å²) in [6.07, 6.45) is 6.98. The normalized spacial score (nSPS) is 15.2. The number of amides is 1. The van der Waals surface area contributed by atoms with Crippen LogP contribution < -0.4 is 10.2 Å². The van der Waals surface area contributed by atoms with Gasteiger partial charge in [0.25, 0.3) is 5.91 Å². The monoisotopic (exact) mass is 470 g/mol. The summed E-state index contributed by atoms with van der Waals surface area (Å²) in [5.41, 5.74) is 3.44. The summed E-state index contributed by atoms with van der Waals surface area (Å²) < 4.78 is 15.9. The highest BCUT2D eigenvalue weighted by atomic mass is 19.1. The molecule has 10 nitrogen and oxygen atoms in total. The third kappa shape index (κ3) is 3.72. The first-order valence-electron chi connectivity index (χ1n) is 10.9. The van der Waals surface area contributed by atoms with Gasteiger partial charge >= 0.3 is 0 Å². The molecule has 11 heteroatoms. The number of nitrogens with zero attached hydrogens (tertiary/aromatic N) is 6. The number of H-pyrrole nitrogens is 1. The molecule has 5 aromatic rings. The Kier molecular flexibility index (Phi) is 4.87. The maximum Gasteiger partial charge on any atom is 0.275 e. The number of aromatic amines is 1. The minimum atomic E-state index is -0.421. The van der Waals surface area contributed by atoms with Gasteiger partial charge < -0.3 is 20.3 Å². The molecule has 5 heterocycles. The van der Waals surface area contributed by atoms with Crippen molar-refractivity contribution in [2.45, 2.75) is 12.5 Å². The lowest BCUT2D eigenvalue weighted by atomic mass is 10.00. The van der Waals surface area contributed by atoms with E-state index in [2.05, 4.69) is 30.4 Å². The highest BCUT2D eigenvalue weighted by Crippen LogP contribution is 2.35. The maximum absolute atomic E-state index is 14.3. The van der Waals surface area contributed by atoms with E-state index in [1.165, 1.54) is 35.1 Å². The Hall–Kier alpha value is -4.80. The van der Waals surface area contributed by atoms with E-state index in [1.54, 1.807) is 36.8 Å². The first-order valence-corrected chi connectivity index (χ1v) is 10.9. The number of fused-ring (bicyclic) bond motifs is 2. The predicted octanol–water partition coefficient (Wildman–Crippen LogP) is 3.10. The van der Waals surface area contributed by atoms with Crippen molar-refractivity contribution in [3.63, 3.8) is 0 Å². The lowest BCUT2D eigenvalue weighted by Gasteiger charge is -2.34. The van der Waals surface area contributed by atoms with E-state index in [0.717, 1.165) is 11.4 Å². The van der Waals surface area contributed by atoms with Gasteiger partial charge in [-0.1, -0.05) is 0 Å². The smallest absolute Gasteiger partial charge is 0.275 e. The van der Waals surface area contributed by atoms with Crippen LogP contribution in [0.2, 0.25) is 0 Å². The van der Waals surface area contributed by atoms with Gasteiger partial charge in [-0.2, -0.15) is 5.10 Å². The van der Waals surface area contributed by atoms with Gasteiger partial charge in [0.15, 0.2) is 0 Å². The number of phenolic OH excluding ortho intramolecular Hbond substituents is 1. The fraction of sp³-hybridized carbons (Fsp3) is 0.125. The van der Waals surface area contributed by atoms with Crippen LogP contribution in [0.5, 0.6) is 5.75 Å². The summed E-state index contributed by atoms with van der Waals surface area (Å²) in [5.74, 6) is -0.131. The van der Waals surface area contributed by atoms with Crippen LogP contribution in [0.3, 0.4) is 0 Å². The molecule has 1 aromatic carbocycles. The van der Waals surface area contributed by atoms with Gasteiger partial charge in [0, 0.05) is 30.5 Å². The number of benzene rings is 1. The molecule has 0 saturated carbocycles. The van der Waals surface area contributed by atoms with Crippen molar-refractivity contribution in [2.75, 3.05) is 16.8 Å². The Labute approximate surface area is 198 Å². The van der Waals surface area contributed by atoms with Crippen LogP contribution >= 0.6 is 0 Å². The Balaban J connectivity index is 1.32. The number of phenols is 1. The van der Waals surface area contributed by atoms with Gasteiger partial charge in [-0.25, -0.2) is 23.9 Å². The first kappa shape index (κ1) is 20.8. The number of hydrogen-bond acceptors (Lipinski definition) is 7. The number of nitrogens with one attached hydrogen (secondary N) is 2. The van der Waals surface area contributed by atoms with Crippen molar-refractivity contribution < 1.29 is 14.3 Å². The molecule has 1 amide bonds. The van der Waals surface area contributed by atoms with Gasteiger partial charge in [0.1, 0.15) is 34.6 Å². The van der Waals surface area contributed by atoms with Crippen LogP contribution in [-0.4, -0.2) is 47.1 Å². The zero-order valence-corrected chi connectivity index (χ0v) is 18.3. The number of hydrogen-bond donors (Lipinski definition) is 3. The predicted molar refractivity (Wildman–Crippen MR) is 125 cm³/mol. The molecule has 1 aliphatic heterocycles. The molecule has 6 rings (SSSR count). The Morgan fingerprint density at radius 3 is 2.77 bits per heavy atom. The molecular weight excluding hydrogens is 451 g/mol. The second-order valence-electron chi connectivity index (χ2n) is 8.13. The fourth-order valence-electron chi connectivity index (χ4n) is 4.28. The summed E-state index contributed by atoms with van der Waals surface area (Å²) in [7, 11) is 0. The Bertz CT molecular complexity index is 1530. The first-order chi connectivity index (χ1) is 17.1. The third-order valence-electron chi connectivity index (χ3n) is 5.96. The number of halogens is 1. The van der Waals surface area contributed by atoms with Crippen molar-refractivity contribution in [3.8, 4) is 5.75 Å². The number of rotatable bonds is 4. The van der Waals surface area contributed by atoms with Gasteiger partial charge in [0.05, 0.1) is 30.1 Å². The van der Waals surface area contributed by atoms with Crippen LogP contribution in [0, 0.1) is 5.82 Å². The van der Waals surface area contributed by atoms with Crippen LogP contribution in [-0.2, 0) is 6.42 Å². The number of carbonyl (C=O) groups is 1. The third-order valence-corrected chi connectivity index (χ3v) is 5.96. The lowest BCUT2D eigenvalue weighted by molar-refractivity contribution is 0.102. The van der Waals surface area contributed by atoms with Crippen LogP contribution in [0.25, 0.3) is 5.52 Å². The average Bonchev–Trinajstić information content (AvgIpc) is 3.53. The van der Waals surface area contributed by atoms with Crippen molar-refractivity contribution in [1.29, 1.82) is 0 Å². The maximum atomic E-state index is 14.3. The van der Waals surface area contributed by atoms with Crippen molar-refractivity contribution >= 4 is 22.9 Å². The van der Waals surface area contributed by atoms with E-state index < -0.39 is 11.9 Å². The molecule has 0 radical (unpaired) electrons. The van der Waals surface area contributed by atoms with Gasteiger partial charge in [-0.05, 0) is 42.5 Å². The van der Waals surface area contributed by atoms with E-state index in [9.17, 15) is 14.3 Å². The van der Waals surface area contributed by atoms with Gasteiger partial charge in [-0.15, -0.1) is 0 Å². The molecular formula is C24H19FN8O2. The molecule has 35 heavy (non-hydrogen) atoms. The molecule has 0 bridgehead atoms. The molecule has 0 aliphatic carbocycles. The average molecular weight is 470 g/mol. The summed E-state index contributed by atoms with van der Waals surface area (Å²) in [6, 6.07) is 10.4. The van der Waals surface area contributed by atoms with Crippen LogP contribution in [0.1, 0.15) is 33.6 Å². The second-order valence-corrected chi connectivity index (χ2v) is 8.13. The number of carbonyl (C=O) groups excluding carboxylic acids is 1. The molecule has 1 atom stereocenters. The molecule has 0 spiro atoms. The fourth-order valence-corrected chi connectivity index (χ4v) is 4.28. The summed E-state index contributed by atoms with van der Waals surface area (Å²) in [6.45, 7) is 0.601. The lowest BCUT2D eigenvalue weighted by Crippen LogP contribution is -2.37. The minimum Gasteiger partial charge on any atom is -0.508 e. The minimum absolute atomic E-state index is 0.108. The van der Waals surface area contributed by atoms with Crippen molar-refractivity contribution in [3.05, 3.63) is 96.0 Å². The van der Waals surface area contributed by atoms with E-state index >= 15 is 0 Å². The van der Waals surface area contributed by atoms with Crippen LogP contribution in [0.15, 0.2) is 67.4 Å². The van der Waals surface area contributed by atoms with Crippen molar-refractivity contribution in [2.24, 2.45) is 0 Å². The Morgan fingerprint density at radius 2 is 2.00 bits per heavy atom. The highest BCUT2D eigenvalue weighted by Gasteiger charge is 2.34. The number of aromatic nitrogens is 6. The van der Waals surface area contributed by atoms with E-state index in [0.29, 0.717) is 35.7 Å². The second kappa shape index (κ2) is 8.20. The molecule has 174 valence electrons. The molecule has 1 aliphatic rings. The summed E-state index contributed by atoms with van der Waals surface area (Å²) in [5, 5.41) is 16.7. The molecule has 0 saturated heterocycles. The topological polar surface area (TPSA) is 124 Å². The number of aromatic hydroxyl groups is 1. The standard InChI is InChI=1S/C24H19FN8O2/c25-16-2-1-8-33-20(16)10-18(31-33)23-22-17(28-13-29-22)7-9-32(23)21-12-26-19(11-27-21)24(35)30-14-3-5-15(34)6-4-14/h1-6,8,10-13,23,34H,7,9H2,(H,28,29)(H,30,35). The zero-order chi connectivity index (χ0) is 23.9. The zero-order valence-electron chi connectivity index (χ0n) is 18.3. The quantitative estimate of drug-likeness (QED) is 0.345. The highest BCUT2D eigenvalue weighted by molar-refractivity contribution is 6.02. The number of pyridine rings is 1. The largest absolute Gasteiger partial charge is 0.508 e. The van der Waals surface area contributed by atoms with E-state index in [4.69, 9.17) is 0 Å². The molecule has 0 fully saturated rings. The molecule has 3 N–H and O–H groups in total. The van der Waals surface area contributed by atoms with Gasteiger partial charge in [0.2, 0.25) is 0 Å². The number of anilines is 2.